The second kappa shape index (κ2) is 11.1. The minimum atomic E-state index is 0. The van der Waals surface area contributed by atoms with E-state index in [0.29, 0.717) is 0 Å². The van der Waals surface area contributed by atoms with E-state index in [2.05, 4.69) is 60.4 Å². The van der Waals surface area contributed by atoms with Crippen LogP contribution in [0.25, 0.3) is 0 Å². The first-order valence-corrected chi connectivity index (χ1v) is 6.28. The van der Waals surface area contributed by atoms with Gasteiger partial charge in [-0.1, -0.05) is 42.5 Å². The second-order valence-electron chi connectivity index (χ2n) is 4.59. The van der Waals surface area contributed by atoms with Crippen molar-refractivity contribution < 1.29 is 65.4 Å². The standard InChI is InChI=1S/C16H17N.2CH3.2Y/c1-2-17-12-15-9-4-3-7-13(15)11-14-8-5-6-10-16(14)17;;;;/h3-10H,2,11-12H2,1H3;2*1H3;;/q;2*-1;;. The topological polar surface area (TPSA) is 3.24 Å². The summed E-state index contributed by atoms with van der Waals surface area (Å²) < 4.78 is 0. The van der Waals surface area contributed by atoms with Crippen LogP contribution < -0.4 is 4.90 Å². The van der Waals surface area contributed by atoms with Gasteiger partial charge in [-0.3, -0.25) is 0 Å². The van der Waals surface area contributed by atoms with Crippen LogP contribution in [0.4, 0.5) is 5.69 Å². The molecule has 0 fully saturated rings. The molecule has 0 atom stereocenters. The fraction of sp³-hybridized carbons (Fsp3) is 0.222. The number of anilines is 1. The number of hydrogen-bond donors (Lipinski definition) is 0. The van der Waals surface area contributed by atoms with Crippen LogP contribution in [-0.4, -0.2) is 6.54 Å². The zero-order chi connectivity index (χ0) is 11.7. The van der Waals surface area contributed by atoms with Crippen molar-refractivity contribution in [3.63, 3.8) is 0 Å². The number of benzene rings is 2. The minimum absolute atomic E-state index is 0. The molecule has 3 rings (SSSR count). The third kappa shape index (κ3) is 5.24. The maximum Gasteiger partial charge on any atom is 0.0432 e. The van der Waals surface area contributed by atoms with E-state index in [0.717, 1.165) is 19.5 Å². The van der Waals surface area contributed by atoms with Crippen LogP contribution in [-0.2, 0) is 78.4 Å². The summed E-state index contributed by atoms with van der Waals surface area (Å²) in [5.74, 6) is 0. The molecule has 2 radical (unpaired) electrons. The Labute approximate surface area is 180 Å². The summed E-state index contributed by atoms with van der Waals surface area (Å²) in [5, 5.41) is 0. The molecule has 0 saturated heterocycles. The van der Waals surface area contributed by atoms with E-state index in [4.69, 9.17) is 0 Å². The molecule has 1 aliphatic rings. The van der Waals surface area contributed by atoms with Gasteiger partial charge in [0.05, 0.1) is 0 Å². The number of hydrogen-bond acceptors (Lipinski definition) is 1. The first kappa shape index (κ1) is 23.7. The van der Waals surface area contributed by atoms with Crippen molar-refractivity contribution in [3.8, 4) is 0 Å². The predicted molar refractivity (Wildman–Crippen MR) is 85.2 cm³/mol. The van der Waals surface area contributed by atoms with Crippen molar-refractivity contribution in [3.05, 3.63) is 80.1 Å². The molecule has 0 bridgehead atoms. The number of nitrogens with zero attached hydrogens (tertiary/aromatic N) is 1. The molecule has 0 amide bonds. The summed E-state index contributed by atoms with van der Waals surface area (Å²) in [6, 6.07) is 17.6. The van der Waals surface area contributed by atoms with Gasteiger partial charge in [-0.05, 0) is 36.1 Å². The summed E-state index contributed by atoms with van der Waals surface area (Å²) in [4.78, 5) is 2.46. The molecule has 0 aliphatic carbocycles. The normalized spacial score (nSPS) is 11.2. The fourth-order valence-corrected chi connectivity index (χ4v) is 2.63. The van der Waals surface area contributed by atoms with E-state index in [9.17, 15) is 0 Å². The zero-order valence-corrected chi connectivity index (χ0v) is 19.0. The van der Waals surface area contributed by atoms with Gasteiger partial charge in [0.15, 0.2) is 0 Å². The molecule has 0 spiro atoms. The Kier molecular flexibility index (Phi) is 12.5. The molecular formula is C18H23NY2-2. The molecular weight excluding hydrogens is 408 g/mol. The molecule has 0 N–H and O–H groups in total. The Hall–Kier alpha value is 0.448. The molecule has 108 valence electrons. The average molecular weight is 431 g/mol. The number of rotatable bonds is 1. The molecule has 2 aromatic carbocycles. The van der Waals surface area contributed by atoms with Gasteiger partial charge < -0.3 is 19.8 Å². The molecule has 1 nitrogen and oxygen atoms in total. The number of para-hydroxylation sites is 1. The third-order valence-electron chi connectivity index (χ3n) is 3.57. The van der Waals surface area contributed by atoms with Crippen LogP contribution in [0.2, 0.25) is 0 Å². The van der Waals surface area contributed by atoms with E-state index >= 15 is 0 Å². The van der Waals surface area contributed by atoms with E-state index in [-0.39, 0.29) is 80.3 Å². The molecule has 2 aromatic rings. The summed E-state index contributed by atoms with van der Waals surface area (Å²) in [5.41, 5.74) is 5.77. The van der Waals surface area contributed by atoms with E-state index in [1.807, 2.05) is 0 Å². The van der Waals surface area contributed by atoms with Crippen LogP contribution in [0.3, 0.4) is 0 Å². The third-order valence-corrected chi connectivity index (χ3v) is 3.57. The van der Waals surface area contributed by atoms with Crippen LogP contribution in [0.5, 0.6) is 0 Å². The Morgan fingerprint density at radius 2 is 1.33 bits per heavy atom. The van der Waals surface area contributed by atoms with Crippen LogP contribution in [0.15, 0.2) is 48.5 Å². The van der Waals surface area contributed by atoms with Gasteiger partial charge in [-0.2, -0.15) is 0 Å². The van der Waals surface area contributed by atoms with E-state index in [1.165, 1.54) is 22.4 Å². The minimum Gasteiger partial charge on any atom is -0.367 e. The second-order valence-corrected chi connectivity index (χ2v) is 4.59. The predicted octanol–water partition coefficient (Wildman–Crippen LogP) is 4.51. The summed E-state index contributed by atoms with van der Waals surface area (Å²) in [6.07, 6.45) is 1.06. The van der Waals surface area contributed by atoms with Crippen molar-refractivity contribution in [1.29, 1.82) is 0 Å². The summed E-state index contributed by atoms with van der Waals surface area (Å²) in [7, 11) is 0. The largest absolute Gasteiger partial charge is 0.367 e. The average Bonchev–Trinajstić information content (AvgIpc) is 2.54. The van der Waals surface area contributed by atoms with Crippen LogP contribution in [0, 0.1) is 14.9 Å². The van der Waals surface area contributed by atoms with Crippen molar-refractivity contribution >= 4 is 5.69 Å². The smallest absolute Gasteiger partial charge is 0.0432 e. The fourth-order valence-electron chi connectivity index (χ4n) is 2.63. The van der Waals surface area contributed by atoms with Crippen molar-refractivity contribution in [1.82, 2.24) is 0 Å². The maximum absolute atomic E-state index is 2.46. The van der Waals surface area contributed by atoms with Gasteiger partial charge in [0, 0.05) is 84.2 Å². The quantitative estimate of drug-likeness (QED) is 0.601. The van der Waals surface area contributed by atoms with Crippen molar-refractivity contribution in [2.75, 3.05) is 11.4 Å². The van der Waals surface area contributed by atoms with Crippen LogP contribution in [0.1, 0.15) is 23.6 Å². The van der Waals surface area contributed by atoms with Crippen molar-refractivity contribution in [2.24, 2.45) is 0 Å². The molecule has 0 saturated carbocycles. The molecule has 1 heterocycles. The van der Waals surface area contributed by atoms with Crippen LogP contribution >= 0.6 is 0 Å². The Bertz CT molecular complexity index is 540. The molecule has 0 unspecified atom stereocenters. The Balaban J connectivity index is 0. The molecule has 0 aromatic heterocycles. The van der Waals surface area contributed by atoms with E-state index in [1.54, 1.807) is 0 Å². The molecule has 1 aliphatic heterocycles. The Morgan fingerprint density at radius 3 is 1.95 bits per heavy atom. The van der Waals surface area contributed by atoms with Gasteiger partial charge in [0.2, 0.25) is 0 Å². The van der Waals surface area contributed by atoms with E-state index < -0.39 is 0 Å². The summed E-state index contributed by atoms with van der Waals surface area (Å²) in [6.45, 7) is 4.32. The first-order valence-electron chi connectivity index (χ1n) is 6.28. The monoisotopic (exact) mass is 431 g/mol. The molecule has 3 heteroatoms. The SMILES string of the molecule is CCN1Cc2ccccc2Cc2ccccc21.[CH3-].[CH3-].[Y].[Y]. The maximum atomic E-state index is 2.46. The summed E-state index contributed by atoms with van der Waals surface area (Å²) >= 11 is 0. The molecule has 21 heavy (non-hydrogen) atoms. The first-order chi connectivity index (χ1) is 8.38. The van der Waals surface area contributed by atoms with Crippen molar-refractivity contribution in [2.45, 2.75) is 19.9 Å². The van der Waals surface area contributed by atoms with Gasteiger partial charge in [-0.15, -0.1) is 0 Å². The van der Waals surface area contributed by atoms with Gasteiger partial charge in [-0.25, -0.2) is 0 Å². The van der Waals surface area contributed by atoms with Gasteiger partial charge >= 0.3 is 0 Å². The zero-order valence-electron chi connectivity index (χ0n) is 13.3. The van der Waals surface area contributed by atoms with Gasteiger partial charge in [0.1, 0.15) is 0 Å². The Morgan fingerprint density at radius 1 is 0.810 bits per heavy atom. The number of fused-ring (bicyclic) bond motifs is 2. The van der Waals surface area contributed by atoms with Gasteiger partial charge in [0.25, 0.3) is 0 Å².